The summed E-state index contributed by atoms with van der Waals surface area (Å²) in [6.45, 7) is 3.27. The first-order chi connectivity index (χ1) is 12.7. The fourth-order valence-electron chi connectivity index (χ4n) is 3.07. The Labute approximate surface area is 162 Å². The summed E-state index contributed by atoms with van der Waals surface area (Å²) in [5.74, 6) is 0.849. The van der Waals surface area contributed by atoms with Crippen LogP contribution in [0.3, 0.4) is 0 Å². The topological polar surface area (TPSA) is 47.0 Å². The molecule has 0 aliphatic rings. The van der Waals surface area contributed by atoms with Gasteiger partial charge in [0.05, 0.1) is 18.7 Å². The Morgan fingerprint density at radius 2 is 1.85 bits per heavy atom. The van der Waals surface area contributed by atoms with Crippen LogP contribution in [0.25, 0.3) is 10.8 Å². The van der Waals surface area contributed by atoms with E-state index in [0.717, 1.165) is 21.3 Å². The second kappa shape index (κ2) is 7.34. The smallest absolute Gasteiger partial charge is 0.416 e. The van der Waals surface area contributed by atoms with Crippen molar-refractivity contribution in [2.24, 2.45) is 0 Å². The van der Waals surface area contributed by atoms with Gasteiger partial charge < -0.3 is 10.1 Å². The van der Waals surface area contributed by atoms with Crippen molar-refractivity contribution < 1.29 is 17.9 Å². The monoisotopic (exact) mass is 439 g/mol. The lowest BCUT2D eigenvalue weighted by Crippen LogP contribution is -2.14. The summed E-state index contributed by atoms with van der Waals surface area (Å²) in [5, 5.41) is 12.9. The van der Waals surface area contributed by atoms with Crippen molar-refractivity contribution in [2.45, 2.75) is 26.1 Å². The van der Waals surface area contributed by atoms with Crippen LogP contribution in [0, 0.1) is 6.92 Å². The molecule has 142 valence electrons. The third kappa shape index (κ3) is 3.85. The van der Waals surface area contributed by atoms with E-state index >= 15 is 0 Å². The molecule has 0 aliphatic carbocycles. The number of aromatic nitrogens is 2. The Morgan fingerprint density at radius 3 is 2.52 bits per heavy atom. The molecule has 0 bridgehead atoms. The summed E-state index contributed by atoms with van der Waals surface area (Å²) < 4.78 is 45.7. The first kappa shape index (κ1) is 19.4. The third-order valence-electron chi connectivity index (χ3n) is 4.40. The fourth-order valence-corrected chi connectivity index (χ4v) is 3.43. The van der Waals surface area contributed by atoms with Crippen LogP contribution < -0.4 is 10.1 Å². The van der Waals surface area contributed by atoms with Gasteiger partial charge in [-0.05, 0) is 49.2 Å². The fraction of sp³-hybridized carbons (Fsp3) is 0.263. The van der Waals surface area contributed by atoms with E-state index in [2.05, 4.69) is 31.4 Å². The van der Waals surface area contributed by atoms with Crippen LogP contribution in [0.2, 0.25) is 0 Å². The van der Waals surface area contributed by atoms with Gasteiger partial charge in [-0.2, -0.15) is 13.2 Å². The minimum Gasteiger partial charge on any atom is -0.479 e. The Bertz CT molecular complexity index is 992. The summed E-state index contributed by atoms with van der Waals surface area (Å²) in [7, 11) is 1.51. The van der Waals surface area contributed by atoms with Crippen molar-refractivity contribution in [2.75, 3.05) is 12.4 Å². The predicted molar refractivity (Wildman–Crippen MR) is 102 cm³/mol. The number of hydrogen-bond donors (Lipinski definition) is 1. The van der Waals surface area contributed by atoms with Gasteiger partial charge >= 0.3 is 6.18 Å². The molecular weight excluding hydrogens is 423 g/mol. The van der Waals surface area contributed by atoms with Crippen molar-refractivity contribution in [3.05, 3.63) is 57.6 Å². The van der Waals surface area contributed by atoms with Gasteiger partial charge in [-0.3, -0.25) is 0 Å². The molecule has 3 rings (SSSR count). The quantitative estimate of drug-likeness (QED) is 0.549. The number of nitrogens with one attached hydrogen (secondary N) is 1. The molecular formula is C19H17BrF3N3O. The molecule has 1 aromatic heterocycles. The van der Waals surface area contributed by atoms with E-state index in [4.69, 9.17) is 4.74 Å². The number of hydrogen-bond acceptors (Lipinski definition) is 4. The van der Waals surface area contributed by atoms with Crippen LogP contribution in [-0.4, -0.2) is 17.3 Å². The second-order valence-electron chi connectivity index (χ2n) is 6.13. The molecule has 3 aromatic rings. The molecule has 0 saturated heterocycles. The molecule has 0 aliphatic heterocycles. The highest BCUT2D eigenvalue weighted by Gasteiger charge is 2.33. The largest absolute Gasteiger partial charge is 0.479 e. The third-order valence-corrected chi connectivity index (χ3v) is 4.90. The van der Waals surface area contributed by atoms with Crippen molar-refractivity contribution >= 4 is 32.5 Å². The maximum atomic E-state index is 13.2. The van der Waals surface area contributed by atoms with Crippen molar-refractivity contribution in [3.63, 3.8) is 0 Å². The van der Waals surface area contributed by atoms with Crippen molar-refractivity contribution in [3.8, 4) is 5.88 Å². The van der Waals surface area contributed by atoms with E-state index in [9.17, 15) is 13.2 Å². The van der Waals surface area contributed by atoms with E-state index < -0.39 is 17.8 Å². The van der Waals surface area contributed by atoms with E-state index in [1.165, 1.54) is 20.1 Å². The lowest BCUT2D eigenvalue weighted by atomic mass is 9.97. The predicted octanol–water partition coefficient (Wildman–Crippen LogP) is 5.90. The van der Waals surface area contributed by atoms with Gasteiger partial charge in [0.1, 0.15) is 0 Å². The molecule has 0 saturated carbocycles. The van der Waals surface area contributed by atoms with E-state index in [-0.39, 0.29) is 5.56 Å². The molecule has 4 nitrogen and oxygen atoms in total. The standard InChI is InChI=1S/C19H17BrF3N3O/c1-10-13(5-4-6-16(10)19(21,22)23)11(2)24-17-15-9-12(20)7-8-14(15)18(27-3)26-25-17/h4-9,11H,1-3H3,(H,24,25). The molecule has 1 N–H and O–H groups in total. The van der Waals surface area contributed by atoms with Crippen LogP contribution >= 0.6 is 15.9 Å². The van der Waals surface area contributed by atoms with E-state index in [1.54, 1.807) is 13.0 Å². The normalized spacial score (nSPS) is 12.9. The van der Waals surface area contributed by atoms with E-state index in [1.807, 2.05) is 18.2 Å². The summed E-state index contributed by atoms with van der Waals surface area (Å²) >= 11 is 3.43. The number of fused-ring (bicyclic) bond motifs is 1. The molecule has 8 heteroatoms. The number of benzene rings is 2. The Hall–Kier alpha value is -2.35. The van der Waals surface area contributed by atoms with Gasteiger partial charge in [0.2, 0.25) is 5.88 Å². The first-order valence-corrected chi connectivity index (χ1v) is 8.95. The minimum atomic E-state index is -4.39. The van der Waals surface area contributed by atoms with Gasteiger partial charge in [0.25, 0.3) is 0 Å². The van der Waals surface area contributed by atoms with Crippen LogP contribution in [0.5, 0.6) is 5.88 Å². The number of anilines is 1. The highest BCUT2D eigenvalue weighted by atomic mass is 79.9. The zero-order chi connectivity index (χ0) is 19.8. The minimum absolute atomic E-state index is 0.192. The van der Waals surface area contributed by atoms with Gasteiger partial charge in [-0.25, -0.2) is 0 Å². The molecule has 27 heavy (non-hydrogen) atoms. The van der Waals surface area contributed by atoms with Crippen LogP contribution in [-0.2, 0) is 6.18 Å². The molecule has 0 radical (unpaired) electrons. The molecule has 1 atom stereocenters. The Kier molecular flexibility index (Phi) is 5.28. The van der Waals surface area contributed by atoms with Crippen LogP contribution in [0.15, 0.2) is 40.9 Å². The molecule has 2 aromatic carbocycles. The van der Waals surface area contributed by atoms with Crippen molar-refractivity contribution in [1.29, 1.82) is 0 Å². The second-order valence-corrected chi connectivity index (χ2v) is 7.05. The number of nitrogens with zero attached hydrogens (tertiary/aromatic N) is 2. The zero-order valence-corrected chi connectivity index (χ0v) is 16.4. The number of alkyl halides is 3. The Balaban J connectivity index is 2.03. The molecule has 1 unspecified atom stereocenters. The molecule has 0 amide bonds. The molecule has 1 heterocycles. The molecule has 0 spiro atoms. The van der Waals surface area contributed by atoms with Gasteiger partial charge in [-0.15, -0.1) is 10.2 Å². The maximum absolute atomic E-state index is 13.2. The number of ether oxygens (including phenoxy) is 1. The van der Waals surface area contributed by atoms with Crippen LogP contribution in [0.1, 0.15) is 29.7 Å². The average Bonchev–Trinajstić information content (AvgIpc) is 2.61. The van der Waals surface area contributed by atoms with Crippen molar-refractivity contribution in [1.82, 2.24) is 10.2 Å². The van der Waals surface area contributed by atoms with Gasteiger partial charge in [-0.1, -0.05) is 28.1 Å². The summed E-state index contributed by atoms with van der Waals surface area (Å²) in [4.78, 5) is 0. The number of rotatable bonds is 4. The summed E-state index contributed by atoms with van der Waals surface area (Å²) in [6.07, 6.45) is -4.39. The summed E-state index contributed by atoms with van der Waals surface area (Å²) in [5.41, 5.74) is 0.101. The average molecular weight is 440 g/mol. The molecule has 0 fully saturated rings. The lowest BCUT2D eigenvalue weighted by Gasteiger charge is -2.21. The van der Waals surface area contributed by atoms with Gasteiger partial charge in [0, 0.05) is 15.2 Å². The first-order valence-electron chi connectivity index (χ1n) is 8.15. The van der Waals surface area contributed by atoms with Crippen LogP contribution in [0.4, 0.5) is 19.0 Å². The number of methoxy groups -OCH3 is 1. The maximum Gasteiger partial charge on any atom is 0.416 e. The SMILES string of the molecule is COc1nnc(NC(C)c2cccc(C(F)(F)F)c2C)c2cc(Br)ccc12. The lowest BCUT2D eigenvalue weighted by molar-refractivity contribution is -0.138. The highest BCUT2D eigenvalue weighted by molar-refractivity contribution is 9.10. The van der Waals surface area contributed by atoms with Gasteiger partial charge in [0.15, 0.2) is 5.82 Å². The zero-order valence-electron chi connectivity index (χ0n) is 14.9. The van der Waals surface area contributed by atoms with E-state index in [0.29, 0.717) is 17.3 Å². The highest BCUT2D eigenvalue weighted by Crippen LogP contribution is 2.36. The number of halogens is 4. The summed E-state index contributed by atoms with van der Waals surface area (Å²) in [6, 6.07) is 9.34. The Morgan fingerprint density at radius 1 is 1.11 bits per heavy atom.